The van der Waals surface area contributed by atoms with Crippen molar-refractivity contribution < 1.29 is 4.74 Å². The molecule has 1 nitrogen and oxygen atoms in total. The van der Waals surface area contributed by atoms with E-state index in [-0.39, 0.29) is 0 Å². The maximum Gasteiger partial charge on any atom is 0.0940 e. The molecular weight excluding hydrogens is 184 g/mol. The zero-order valence-corrected chi connectivity index (χ0v) is 10.1. The molecule has 0 saturated heterocycles. The normalized spacial score (nSPS) is 20.2. The smallest absolute Gasteiger partial charge is 0.0940 e. The zero-order valence-electron chi connectivity index (χ0n) is 10.1. The molecule has 0 spiro atoms. The third kappa shape index (κ3) is 4.87. The van der Waals surface area contributed by atoms with Crippen molar-refractivity contribution in [3.05, 3.63) is 35.6 Å². The molecule has 1 rings (SSSR count). The molecule has 0 aliphatic carbocycles. The Kier molecular flexibility index (Phi) is 5.23. The van der Waals surface area contributed by atoms with Crippen LogP contribution in [0.1, 0.15) is 40.0 Å². The molecule has 1 unspecified atom stereocenters. The minimum absolute atomic E-state index is 0.600. The van der Waals surface area contributed by atoms with Gasteiger partial charge in [-0.15, -0.1) is 0 Å². The van der Waals surface area contributed by atoms with E-state index in [4.69, 9.17) is 4.74 Å². The molecule has 15 heavy (non-hydrogen) atoms. The molecule has 0 bridgehead atoms. The van der Waals surface area contributed by atoms with Gasteiger partial charge in [0.15, 0.2) is 0 Å². The standard InChI is InChI=1S/C14H22O/c1-4-13(7-5-6-12(2)3)10-14-8-9-15-11-14/h4,6,8-9,14H,5,7,10-11H2,1-3H3/b13-4-. The fourth-order valence-corrected chi connectivity index (χ4v) is 1.78. The second kappa shape index (κ2) is 6.49. The van der Waals surface area contributed by atoms with Crippen LogP contribution in [0.15, 0.2) is 35.6 Å². The lowest BCUT2D eigenvalue weighted by Gasteiger charge is -2.09. The Bertz CT molecular complexity index is 267. The molecule has 1 aliphatic rings. The number of allylic oxidation sites excluding steroid dienone is 4. The summed E-state index contributed by atoms with van der Waals surface area (Å²) in [6, 6.07) is 0. The molecular formula is C14H22O. The molecule has 1 aliphatic heterocycles. The SMILES string of the molecule is C/C=C(/CCC=C(C)C)CC1C=COC1. The molecule has 0 radical (unpaired) electrons. The first kappa shape index (κ1) is 12.1. The van der Waals surface area contributed by atoms with Crippen LogP contribution in [0.3, 0.4) is 0 Å². The summed E-state index contributed by atoms with van der Waals surface area (Å²) in [5.74, 6) is 0.600. The van der Waals surface area contributed by atoms with E-state index in [9.17, 15) is 0 Å². The highest BCUT2D eigenvalue weighted by Gasteiger charge is 2.11. The number of hydrogen-bond acceptors (Lipinski definition) is 1. The molecule has 1 heteroatoms. The van der Waals surface area contributed by atoms with Crippen molar-refractivity contribution >= 4 is 0 Å². The van der Waals surface area contributed by atoms with E-state index in [2.05, 4.69) is 39.0 Å². The highest BCUT2D eigenvalue weighted by Crippen LogP contribution is 2.21. The second-order valence-corrected chi connectivity index (χ2v) is 4.39. The van der Waals surface area contributed by atoms with Gasteiger partial charge in [0.05, 0.1) is 12.9 Å². The van der Waals surface area contributed by atoms with Crippen LogP contribution in [0.2, 0.25) is 0 Å². The van der Waals surface area contributed by atoms with Crippen LogP contribution in [0, 0.1) is 5.92 Å². The second-order valence-electron chi connectivity index (χ2n) is 4.39. The summed E-state index contributed by atoms with van der Waals surface area (Å²) in [7, 11) is 0. The largest absolute Gasteiger partial charge is 0.501 e. The van der Waals surface area contributed by atoms with Crippen LogP contribution in [0.4, 0.5) is 0 Å². The summed E-state index contributed by atoms with van der Waals surface area (Å²) in [5.41, 5.74) is 2.96. The van der Waals surface area contributed by atoms with Gasteiger partial charge in [0.25, 0.3) is 0 Å². The first-order valence-corrected chi connectivity index (χ1v) is 5.78. The van der Waals surface area contributed by atoms with Crippen molar-refractivity contribution in [1.29, 1.82) is 0 Å². The molecule has 0 aromatic rings. The Hall–Kier alpha value is -0.980. The lowest BCUT2D eigenvalue weighted by molar-refractivity contribution is 0.248. The average Bonchev–Trinajstić information content (AvgIpc) is 2.68. The predicted octanol–water partition coefficient (Wildman–Crippen LogP) is 4.23. The van der Waals surface area contributed by atoms with Gasteiger partial charge in [0.2, 0.25) is 0 Å². The highest BCUT2D eigenvalue weighted by atomic mass is 16.5. The molecule has 0 amide bonds. The maximum absolute atomic E-state index is 5.23. The minimum atomic E-state index is 0.600. The van der Waals surface area contributed by atoms with Crippen LogP contribution in [0.25, 0.3) is 0 Å². The Morgan fingerprint density at radius 1 is 1.47 bits per heavy atom. The minimum Gasteiger partial charge on any atom is -0.501 e. The van der Waals surface area contributed by atoms with Crippen molar-refractivity contribution in [3.63, 3.8) is 0 Å². The topological polar surface area (TPSA) is 9.23 Å². The fourth-order valence-electron chi connectivity index (χ4n) is 1.78. The predicted molar refractivity (Wildman–Crippen MR) is 65.6 cm³/mol. The van der Waals surface area contributed by atoms with E-state index in [0.717, 1.165) is 13.0 Å². The summed E-state index contributed by atoms with van der Waals surface area (Å²) in [6.45, 7) is 7.31. The summed E-state index contributed by atoms with van der Waals surface area (Å²) >= 11 is 0. The monoisotopic (exact) mass is 206 g/mol. The molecule has 1 atom stereocenters. The van der Waals surface area contributed by atoms with Crippen LogP contribution in [-0.2, 0) is 4.74 Å². The lowest BCUT2D eigenvalue weighted by atomic mass is 9.97. The van der Waals surface area contributed by atoms with Gasteiger partial charge < -0.3 is 4.74 Å². The molecule has 0 saturated carbocycles. The van der Waals surface area contributed by atoms with Crippen LogP contribution >= 0.6 is 0 Å². The zero-order chi connectivity index (χ0) is 11.1. The van der Waals surface area contributed by atoms with Crippen molar-refractivity contribution in [2.75, 3.05) is 6.61 Å². The van der Waals surface area contributed by atoms with Gasteiger partial charge in [0, 0.05) is 5.92 Å². The van der Waals surface area contributed by atoms with E-state index in [1.54, 1.807) is 5.57 Å². The van der Waals surface area contributed by atoms with E-state index in [0.29, 0.717) is 5.92 Å². The van der Waals surface area contributed by atoms with Crippen LogP contribution in [0.5, 0.6) is 0 Å². The van der Waals surface area contributed by atoms with Gasteiger partial charge in [-0.3, -0.25) is 0 Å². The van der Waals surface area contributed by atoms with Gasteiger partial charge in [-0.25, -0.2) is 0 Å². The Morgan fingerprint density at radius 2 is 2.27 bits per heavy atom. The number of ether oxygens (including phenoxy) is 1. The van der Waals surface area contributed by atoms with Crippen LogP contribution in [-0.4, -0.2) is 6.61 Å². The summed E-state index contributed by atoms with van der Waals surface area (Å²) in [6.07, 6.45) is 12.1. The Labute approximate surface area is 93.5 Å². The lowest BCUT2D eigenvalue weighted by Crippen LogP contribution is -2.00. The van der Waals surface area contributed by atoms with E-state index in [1.165, 1.54) is 18.4 Å². The molecule has 84 valence electrons. The Balaban J connectivity index is 2.30. The van der Waals surface area contributed by atoms with Gasteiger partial charge in [-0.05, 0) is 46.1 Å². The Morgan fingerprint density at radius 3 is 2.80 bits per heavy atom. The highest BCUT2D eigenvalue weighted by molar-refractivity contribution is 5.07. The quantitative estimate of drug-likeness (QED) is 0.612. The number of hydrogen-bond donors (Lipinski definition) is 0. The van der Waals surface area contributed by atoms with Crippen LogP contribution < -0.4 is 0 Å². The fraction of sp³-hybridized carbons (Fsp3) is 0.571. The third-order valence-corrected chi connectivity index (χ3v) is 2.71. The first-order valence-electron chi connectivity index (χ1n) is 5.78. The van der Waals surface area contributed by atoms with Crippen molar-refractivity contribution in [2.45, 2.75) is 40.0 Å². The van der Waals surface area contributed by atoms with Gasteiger partial charge in [-0.2, -0.15) is 0 Å². The van der Waals surface area contributed by atoms with Gasteiger partial charge in [0.1, 0.15) is 0 Å². The van der Waals surface area contributed by atoms with E-state index < -0.39 is 0 Å². The molecule has 0 aromatic heterocycles. The van der Waals surface area contributed by atoms with E-state index >= 15 is 0 Å². The molecule has 0 fully saturated rings. The summed E-state index contributed by atoms with van der Waals surface area (Å²) < 4.78 is 5.23. The van der Waals surface area contributed by atoms with E-state index in [1.807, 2.05) is 6.26 Å². The molecule has 0 aromatic carbocycles. The molecule has 1 heterocycles. The van der Waals surface area contributed by atoms with Crippen molar-refractivity contribution in [2.24, 2.45) is 5.92 Å². The first-order chi connectivity index (χ1) is 7.22. The summed E-state index contributed by atoms with van der Waals surface area (Å²) in [5, 5.41) is 0. The van der Waals surface area contributed by atoms with Gasteiger partial charge in [-0.1, -0.05) is 23.3 Å². The number of rotatable bonds is 5. The molecule has 0 N–H and O–H groups in total. The van der Waals surface area contributed by atoms with Crippen molar-refractivity contribution in [1.82, 2.24) is 0 Å². The average molecular weight is 206 g/mol. The van der Waals surface area contributed by atoms with Gasteiger partial charge >= 0.3 is 0 Å². The van der Waals surface area contributed by atoms with Crippen molar-refractivity contribution in [3.8, 4) is 0 Å². The maximum atomic E-state index is 5.23. The third-order valence-electron chi connectivity index (χ3n) is 2.71. The summed E-state index contributed by atoms with van der Waals surface area (Å²) in [4.78, 5) is 0.